The molecule has 0 fully saturated rings. The molecule has 5 rings (SSSR count). The molecule has 7 nitrogen and oxygen atoms in total. The first-order valence-electron chi connectivity index (χ1n) is 16.6. The number of carbonyl (C=O) groups excluding carboxylic acids is 2. The van der Waals surface area contributed by atoms with E-state index in [2.05, 4.69) is 19.9 Å². The molecule has 10 heteroatoms. The summed E-state index contributed by atoms with van der Waals surface area (Å²) in [6.45, 7) is 13.8. The topological polar surface area (TPSA) is 80.3 Å². The Kier molecular flexibility index (Phi) is 12.0. The number of benzene rings is 2. The minimum Gasteiger partial charge on any atom is -0.496 e. The third-order valence-corrected chi connectivity index (χ3v) is 12.2. The smallest absolute Gasteiger partial charge is 0.324 e. The van der Waals surface area contributed by atoms with Crippen LogP contribution in [0.4, 0.5) is 0 Å². The van der Waals surface area contributed by atoms with Crippen LogP contribution < -0.4 is 18.9 Å². The molecule has 0 unspecified atom stereocenters. The Labute approximate surface area is 312 Å². The second kappa shape index (κ2) is 16.2. The summed E-state index contributed by atoms with van der Waals surface area (Å²) in [4.78, 5) is 31.3. The molecule has 0 amide bonds. The molecule has 0 saturated heterocycles. The molecule has 0 aliphatic rings. The Bertz CT molecular complexity index is 2110. The summed E-state index contributed by atoms with van der Waals surface area (Å²) in [7, 11) is 3.27. The zero-order valence-electron chi connectivity index (χ0n) is 30.3. The van der Waals surface area contributed by atoms with Gasteiger partial charge in [-0.25, -0.2) is 0 Å². The van der Waals surface area contributed by atoms with Gasteiger partial charge in [0, 0.05) is 35.7 Å². The zero-order chi connectivity index (χ0) is 37.0. The number of ketones is 1. The minimum absolute atomic E-state index is 0.0200. The third-order valence-electron chi connectivity index (χ3n) is 8.06. The van der Waals surface area contributed by atoms with E-state index in [0.717, 1.165) is 62.6 Å². The summed E-state index contributed by atoms with van der Waals surface area (Å²) in [5.74, 6) is 2.23. The fraction of sp³-hybridized carbons (Fsp3) is 0.317. The van der Waals surface area contributed by atoms with Crippen LogP contribution in [0, 0.1) is 26.4 Å². The van der Waals surface area contributed by atoms with Gasteiger partial charge in [-0.1, -0.05) is 18.6 Å². The minimum atomic E-state index is -0.523. The average molecular weight is 743 g/mol. The van der Waals surface area contributed by atoms with Crippen LogP contribution in [0.3, 0.4) is 0 Å². The highest BCUT2D eigenvalue weighted by atomic mass is 32.1. The van der Waals surface area contributed by atoms with Crippen molar-refractivity contribution in [1.29, 1.82) is 0 Å². The molecular formula is C41H42O7S3. The average Bonchev–Trinajstić information content (AvgIpc) is 3.75. The number of methoxy groups -OCH3 is 2. The van der Waals surface area contributed by atoms with Gasteiger partial charge in [0.25, 0.3) is 0 Å². The van der Waals surface area contributed by atoms with E-state index in [1.54, 1.807) is 55.2 Å². The van der Waals surface area contributed by atoms with Crippen LogP contribution in [0.1, 0.15) is 56.9 Å². The predicted octanol–water partition coefficient (Wildman–Crippen LogP) is 10.6. The number of terminal acetylenes is 1. The first-order chi connectivity index (χ1) is 24.4. The molecule has 266 valence electrons. The van der Waals surface area contributed by atoms with Crippen molar-refractivity contribution in [2.45, 2.75) is 73.5 Å². The van der Waals surface area contributed by atoms with Gasteiger partial charge in [0.1, 0.15) is 34.9 Å². The van der Waals surface area contributed by atoms with Crippen molar-refractivity contribution in [3.63, 3.8) is 0 Å². The second-order valence-corrected chi connectivity index (χ2v) is 15.7. The van der Waals surface area contributed by atoms with Crippen LogP contribution in [-0.2, 0) is 27.2 Å². The van der Waals surface area contributed by atoms with Crippen molar-refractivity contribution in [2.75, 3.05) is 14.2 Å². The number of carbonyl (C=O) groups is 2. The maximum absolute atomic E-state index is 12.8. The maximum Gasteiger partial charge on any atom is 0.324 e. The van der Waals surface area contributed by atoms with Crippen molar-refractivity contribution in [1.82, 2.24) is 0 Å². The number of ether oxygens (including phenoxy) is 5. The van der Waals surface area contributed by atoms with Gasteiger partial charge in [0.15, 0.2) is 0 Å². The lowest BCUT2D eigenvalue weighted by atomic mass is 10.0. The lowest BCUT2D eigenvalue weighted by Crippen LogP contribution is -2.08. The van der Waals surface area contributed by atoms with Gasteiger partial charge in [-0.15, -0.1) is 34.0 Å². The lowest BCUT2D eigenvalue weighted by molar-refractivity contribution is -0.136. The summed E-state index contributed by atoms with van der Waals surface area (Å²) in [6, 6.07) is 15.6. The summed E-state index contributed by atoms with van der Waals surface area (Å²) in [5.41, 5.74) is 5.57. The van der Waals surface area contributed by atoms with Crippen molar-refractivity contribution in [2.24, 2.45) is 0 Å². The highest BCUT2D eigenvalue weighted by molar-refractivity contribution is 7.28. The van der Waals surface area contributed by atoms with Gasteiger partial charge in [-0.3, -0.25) is 9.59 Å². The SMILES string of the molecule is C#COC(=O)Cc1cc(-c2sc(-c3cc(CC(C)=O)c(-c4c(OC)cccc4OC(C)C)s3)c(C)c2C)sc1-c1c(OC)cccc1OC(C)C. The first-order valence-corrected chi connectivity index (χ1v) is 19.0. The fourth-order valence-corrected chi connectivity index (χ4v) is 9.97. The van der Waals surface area contributed by atoms with Crippen LogP contribution in [0.15, 0.2) is 48.5 Å². The van der Waals surface area contributed by atoms with Crippen LogP contribution in [-0.4, -0.2) is 38.2 Å². The molecule has 0 aliphatic heterocycles. The standard InChI is InChI=1S/C41H42O7S3/c1-11-46-35(43)21-28-20-34(50-41(28)37-30(45-10)15-13-17-32(37)48-23(4)5)39-26(8)25(7)38(51-39)33-19-27(18-24(6)42)40(49-33)36-29(44-9)14-12-16-31(36)47-22(2)3/h1,12-17,19-20,22-23H,18,21H2,2-10H3. The van der Waals surface area contributed by atoms with Gasteiger partial charge < -0.3 is 23.7 Å². The van der Waals surface area contributed by atoms with E-state index < -0.39 is 5.97 Å². The van der Waals surface area contributed by atoms with Crippen molar-refractivity contribution < 1.29 is 33.3 Å². The van der Waals surface area contributed by atoms with Crippen molar-refractivity contribution in [3.05, 3.63) is 70.8 Å². The van der Waals surface area contributed by atoms with E-state index in [1.165, 1.54) is 0 Å². The molecule has 0 spiro atoms. The van der Waals surface area contributed by atoms with Crippen LogP contribution in [0.25, 0.3) is 40.4 Å². The second-order valence-electron chi connectivity index (χ2n) is 12.6. The van der Waals surface area contributed by atoms with E-state index in [0.29, 0.717) is 23.0 Å². The van der Waals surface area contributed by atoms with Crippen LogP contribution >= 0.6 is 34.0 Å². The molecule has 0 N–H and O–H groups in total. The van der Waals surface area contributed by atoms with Crippen molar-refractivity contribution >= 4 is 45.8 Å². The molecular weight excluding hydrogens is 701 g/mol. The number of hydrogen-bond donors (Lipinski definition) is 0. The van der Waals surface area contributed by atoms with Gasteiger partial charge in [0.2, 0.25) is 0 Å². The molecule has 0 atom stereocenters. The first kappa shape index (κ1) is 37.7. The van der Waals surface area contributed by atoms with Crippen molar-refractivity contribution in [3.8, 4) is 75.9 Å². The number of hydrogen-bond acceptors (Lipinski definition) is 10. The monoisotopic (exact) mass is 742 g/mol. The van der Waals surface area contributed by atoms with Crippen LogP contribution in [0.2, 0.25) is 0 Å². The molecule has 0 radical (unpaired) electrons. The molecule has 5 aromatic rings. The Morgan fingerprint density at radius 3 is 1.51 bits per heavy atom. The summed E-state index contributed by atoms with van der Waals surface area (Å²) < 4.78 is 29.0. The molecule has 2 aromatic carbocycles. The van der Waals surface area contributed by atoms with Gasteiger partial charge >= 0.3 is 5.97 Å². The normalized spacial score (nSPS) is 11.1. The van der Waals surface area contributed by atoms with E-state index in [1.807, 2.05) is 76.3 Å². The summed E-state index contributed by atoms with van der Waals surface area (Å²) in [5, 5.41) is 0. The maximum atomic E-state index is 12.8. The highest BCUT2D eigenvalue weighted by Gasteiger charge is 2.27. The number of Topliss-reactive ketones (excluding diaryl/α,β-unsaturated/α-hetero) is 1. The van der Waals surface area contributed by atoms with Gasteiger partial charge in [0.05, 0.1) is 44.0 Å². The van der Waals surface area contributed by atoms with E-state index in [-0.39, 0.29) is 30.8 Å². The van der Waals surface area contributed by atoms with Gasteiger partial charge in [-0.2, -0.15) is 0 Å². The third kappa shape index (κ3) is 8.17. The molecule has 3 heterocycles. The quantitative estimate of drug-likeness (QED) is 0.0828. The summed E-state index contributed by atoms with van der Waals surface area (Å²) >= 11 is 4.89. The summed E-state index contributed by atoms with van der Waals surface area (Å²) in [6.07, 6.45) is 7.45. The zero-order valence-corrected chi connectivity index (χ0v) is 32.8. The van der Waals surface area contributed by atoms with E-state index in [9.17, 15) is 9.59 Å². The Balaban J connectivity index is 1.69. The Hall–Kier alpha value is -4.56. The van der Waals surface area contributed by atoms with Gasteiger partial charge in [-0.05, 0) is 107 Å². The molecule has 0 bridgehead atoms. The highest BCUT2D eigenvalue weighted by Crippen LogP contribution is 2.53. The number of thiophene rings is 3. The lowest BCUT2D eigenvalue weighted by Gasteiger charge is -2.17. The van der Waals surface area contributed by atoms with Crippen LogP contribution in [0.5, 0.6) is 23.0 Å². The Morgan fingerprint density at radius 1 is 0.686 bits per heavy atom. The van der Waals surface area contributed by atoms with E-state index in [4.69, 9.17) is 30.1 Å². The van der Waals surface area contributed by atoms with E-state index >= 15 is 0 Å². The number of rotatable bonds is 14. The number of esters is 1. The molecule has 0 saturated carbocycles. The molecule has 0 aliphatic carbocycles. The predicted molar refractivity (Wildman–Crippen MR) is 209 cm³/mol. The Morgan fingerprint density at radius 2 is 1.12 bits per heavy atom. The largest absolute Gasteiger partial charge is 0.496 e. The molecule has 51 heavy (non-hydrogen) atoms. The fourth-order valence-electron chi connectivity index (χ4n) is 5.87. The molecule has 3 aromatic heterocycles.